The Labute approximate surface area is 161 Å². The van der Waals surface area contributed by atoms with Crippen LogP contribution < -0.4 is 14.2 Å². The van der Waals surface area contributed by atoms with E-state index >= 15 is 0 Å². The Kier molecular flexibility index (Phi) is 7.85. The van der Waals surface area contributed by atoms with Crippen molar-refractivity contribution in [3.63, 3.8) is 0 Å². The monoisotopic (exact) mass is 362 g/mol. The van der Waals surface area contributed by atoms with E-state index in [-0.39, 0.29) is 11.3 Å². The van der Waals surface area contributed by atoms with Gasteiger partial charge in [-0.25, -0.2) is 0 Å². The maximum atomic E-state index is 5.84. The molecular weight excluding hydrogens is 324 g/mol. The maximum Gasteiger partial charge on any atom is 0.203 e. The Bertz CT molecular complexity index is 578. The fourth-order valence-electron chi connectivity index (χ4n) is 4.27. The van der Waals surface area contributed by atoms with E-state index in [1.54, 1.807) is 21.3 Å². The fourth-order valence-corrected chi connectivity index (χ4v) is 4.27. The maximum absolute atomic E-state index is 5.84. The second kappa shape index (κ2) is 9.01. The molecule has 1 rings (SSSR count). The van der Waals surface area contributed by atoms with E-state index in [1.165, 1.54) is 11.1 Å². The van der Waals surface area contributed by atoms with E-state index in [0.29, 0.717) is 29.3 Å². The van der Waals surface area contributed by atoms with Crippen LogP contribution in [0.3, 0.4) is 0 Å². The molecule has 0 heterocycles. The van der Waals surface area contributed by atoms with Crippen molar-refractivity contribution in [3.8, 4) is 17.2 Å². The van der Waals surface area contributed by atoms with Gasteiger partial charge in [0.05, 0.1) is 21.3 Å². The summed E-state index contributed by atoms with van der Waals surface area (Å²) in [7, 11) is 5.04. The van der Waals surface area contributed by atoms with E-state index in [0.717, 1.165) is 5.75 Å². The van der Waals surface area contributed by atoms with Gasteiger partial charge in [0, 0.05) is 11.0 Å². The van der Waals surface area contributed by atoms with Gasteiger partial charge in [-0.3, -0.25) is 0 Å². The standard InChI is InChI=1S/C23H38O3/c1-14(2)13-23(16(5)6,17(7)8)18-12-19(24-9)21(25-10)22(26-11)20(18)15(3)4/h12,14-17H,1-11H3. The summed E-state index contributed by atoms with van der Waals surface area (Å²) in [5.41, 5.74) is 2.21. The van der Waals surface area contributed by atoms with E-state index in [2.05, 4.69) is 67.9 Å². The van der Waals surface area contributed by atoms with Crippen molar-refractivity contribution < 1.29 is 14.2 Å². The second-order valence-electron chi connectivity index (χ2n) is 8.24. The van der Waals surface area contributed by atoms with Crippen LogP contribution in [0, 0.1) is 24.2 Å². The van der Waals surface area contributed by atoms with Gasteiger partial charge in [0.25, 0.3) is 0 Å². The van der Waals surface area contributed by atoms with Gasteiger partial charge in [-0.05, 0) is 41.7 Å². The predicted molar refractivity (Wildman–Crippen MR) is 110 cm³/mol. The summed E-state index contributed by atoms with van der Waals surface area (Å²) < 4.78 is 17.2. The minimum atomic E-state index is -0.208. The van der Waals surface area contributed by atoms with Crippen LogP contribution in [0.5, 0.6) is 17.2 Å². The fraction of sp³-hybridized carbons (Fsp3) is 0.696. The van der Waals surface area contributed by atoms with Gasteiger partial charge in [0.1, 0.15) is 0 Å². The first kappa shape index (κ1) is 22.7. The van der Waals surface area contributed by atoms with Crippen molar-refractivity contribution in [2.24, 2.45) is 17.8 Å². The van der Waals surface area contributed by atoms with Gasteiger partial charge in [0.2, 0.25) is 5.75 Å². The molecule has 0 aromatic heterocycles. The van der Waals surface area contributed by atoms with Crippen LogP contribution in [0.2, 0.25) is 0 Å². The summed E-state index contributed by atoms with van der Waals surface area (Å²) in [6.45, 7) is 17.9. The van der Waals surface area contributed by atoms with Crippen LogP contribution in [-0.4, -0.2) is 21.3 Å². The van der Waals surface area contributed by atoms with Crippen LogP contribution in [0.1, 0.15) is 72.4 Å². The molecule has 0 fully saturated rings. The van der Waals surface area contributed by atoms with Crippen molar-refractivity contribution in [1.29, 1.82) is 0 Å². The molecule has 0 unspecified atom stereocenters. The lowest BCUT2D eigenvalue weighted by molar-refractivity contribution is 0.237. The molecule has 1 aromatic carbocycles. The molecule has 1 aromatic rings. The highest BCUT2D eigenvalue weighted by atomic mass is 16.5. The molecular formula is C23H38O3. The highest BCUT2D eigenvalue weighted by Crippen LogP contribution is 2.53. The largest absolute Gasteiger partial charge is 0.493 e. The van der Waals surface area contributed by atoms with Crippen LogP contribution in [0.25, 0.3) is 0 Å². The summed E-state index contributed by atoms with van der Waals surface area (Å²) in [6.07, 6.45) is 3.89. The molecule has 0 aliphatic carbocycles. The Hall–Kier alpha value is -1.38. The topological polar surface area (TPSA) is 27.7 Å². The van der Waals surface area contributed by atoms with Gasteiger partial charge in [-0.1, -0.05) is 55.4 Å². The molecule has 26 heavy (non-hydrogen) atoms. The van der Waals surface area contributed by atoms with Crippen molar-refractivity contribution in [1.82, 2.24) is 0 Å². The van der Waals surface area contributed by atoms with Gasteiger partial charge >= 0.3 is 0 Å². The quantitative estimate of drug-likeness (QED) is 0.529. The summed E-state index contributed by atoms with van der Waals surface area (Å²) in [5, 5.41) is 0. The van der Waals surface area contributed by atoms with E-state index < -0.39 is 0 Å². The third-order valence-corrected chi connectivity index (χ3v) is 5.24. The second-order valence-corrected chi connectivity index (χ2v) is 8.24. The van der Waals surface area contributed by atoms with Gasteiger partial charge in [-0.15, -0.1) is 0 Å². The minimum Gasteiger partial charge on any atom is -0.493 e. The van der Waals surface area contributed by atoms with Gasteiger partial charge in [-0.2, -0.15) is 0 Å². The molecule has 0 atom stereocenters. The molecule has 0 spiro atoms. The number of rotatable bonds is 9. The summed E-state index contributed by atoms with van der Waals surface area (Å²) in [5.74, 6) is 3.53. The normalized spacial score (nSPS) is 12.4. The number of ether oxygens (including phenoxy) is 3. The first-order valence-corrected chi connectivity index (χ1v) is 9.69. The lowest BCUT2D eigenvalue weighted by Crippen LogP contribution is -2.41. The average molecular weight is 363 g/mol. The molecule has 2 radical (unpaired) electrons. The Morgan fingerprint density at radius 1 is 0.769 bits per heavy atom. The molecule has 3 nitrogen and oxygen atoms in total. The number of methoxy groups -OCH3 is 3. The molecule has 0 aliphatic rings. The molecule has 0 N–H and O–H groups in total. The zero-order chi connectivity index (χ0) is 20.2. The van der Waals surface area contributed by atoms with Crippen LogP contribution in [0.4, 0.5) is 0 Å². The van der Waals surface area contributed by atoms with E-state index in [4.69, 9.17) is 14.2 Å². The highest BCUT2D eigenvalue weighted by Gasteiger charge is 2.43. The molecule has 0 saturated heterocycles. The Morgan fingerprint density at radius 3 is 1.58 bits per heavy atom. The van der Waals surface area contributed by atoms with Crippen LogP contribution >= 0.6 is 0 Å². The third-order valence-electron chi connectivity index (χ3n) is 5.24. The third kappa shape index (κ3) is 3.97. The van der Waals surface area contributed by atoms with E-state index in [1.807, 2.05) is 0 Å². The first-order chi connectivity index (χ1) is 12.1. The van der Waals surface area contributed by atoms with Gasteiger partial charge in [0.15, 0.2) is 11.5 Å². The zero-order valence-electron chi connectivity index (χ0n) is 18.6. The van der Waals surface area contributed by atoms with Crippen molar-refractivity contribution in [3.05, 3.63) is 23.6 Å². The first-order valence-electron chi connectivity index (χ1n) is 9.69. The Morgan fingerprint density at radius 2 is 1.27 bits per heavy atom. The summed E-state index contributed by atoms with van der Waals surface area (Å²) in [4.78, 5) is 0. The lowest BCUT2D eigenvalue weighted by Gasteiger charge is -2.45. The molecule has 0 aliphatic heterocycles. The average Bonchev–Trinajstić information content (AvgIpc) is 2.56. The minimum absolute atomic E-state index is 0.208. The smallest absolute Gasteiger partial charge is 0.203 e. The molecule has 3 heteroatoms. The molecule has 0 bridgehead atoms. The number of hydrogen-bond donors (Lipinski definition) is 0. The number of benzene rings is 1. The Balaban J connectivity index is 4.02. The summed E-state index contributed by atoms with van der Waals surface area (Å²) in [6, 6.07) is 2.14. The zero-order valence-corrected chi connectivity index (χ0v) is 18.6. The van der Waals surface area contributed by atoms with E-state index in [9.17, 15) is 0 Å². The van der Waals surface area contributed by atoms with Crippen molar-refractivity contribution >= 4 is 0 Å². The predicted octanol–water partition coefficient (Wildman–Crippen LogP) is 6.12. The SMILES string of the molecule is COc1cc(C([C]C(C)C)(C(C)C)C(C)C)c(C(C)C)c(OC)c1OC. The number of hydrogen-bond acceptors (Lipinski definition) is 3. The summed E-state index contributed by atoms with van der Waals surface area (Å²) >= 11 is 0. The molecule has 0 saturated carbocycles. The van der Waals surface area contributed by atoms with Gasteiger partial charge < -0.3 is 14.2 Å². The van der Waals surface area contributed by atoms with Crippen molar-refractivity contribution in [2.75, 3.05) is 21.3 Å². The lowest BCUT2D eigenvalue weighted by atomic mass is 9.59. The molecule has 0 amide bonds. The van der Waals surface area contributed by atoms with Crippen LogP contribution in [-0.2, 0) is 5.41 Å². The highest BCUT2D eigenvalue weighted by molar-refractivity contribution is 5.62. The molecule has 148 valence electrons. The van der Waals surface area contributed by atoms with Crippen molar-refractivity contribution in [2.45, 2.75) is 66.7 Å². The van der Waals surface area contributed by atoms with Crippen LogP contribution in [0.15, 0.2) is 6.07 Å².